The number of carbonyl (C=O) groups excluding carboxylic acids is 5. The molecule has 0 bridgehead atoms. The Morgan fingerprint density at radius 1 is 0.833 bits per heavy atom. The molecule has 0 heterocycles. The molecule has 0 spiro atoms. The van der Waals surface area contributed by atoms with Gasteiger partial charge in [0.2, 0.25) is 17.0 Å². The lowest BCUT2D eigenvalue weighted by Gasteiger charge is -2.48. The molecule has 5 N–H and O–H groups in total. The molecule has 0 saturated heterocycles. The van der Waals surface area contributed by atoms with Crippen molar-refractivity contribution >= 4 is 28.9 Å². The molecule has 10 heteroatoms. The van der Waals surface area contributed by atoms with Gasteiger partial charge in [-0.25, -0.2) is 0 Å². The van der Waals surface area contributed by atoms with E-state index < -0.39 is 58.4 Å². The zero-order chi connectivity index (χ0) is 19.7. The highest BCUT2D eigenvalue weighted by atomic mass is 16.4. The van der Waals surface area contributed by atoms with Crippen molar-refractivity contribution in [3.05, 3.63) is 0 Å². The number of Topliss-reactive ketones (excluding diaryl/α,β-unsaturated/α-hetero) is 5. The fraction of sp³-hybridized carbons (Fsp3) is 0.643. The molecule has 0 unspecified atom stereocenters. The minimum atomic E-state index is -3.93. The average molecular weight is 348 g/mol. The Morgan fingerprint density at radius 2 is 1.25 bits per heavy atom. The van der Waals surface area contributed by atoms with E-state index in [1.54, 1.807) is 0 Å². The van der Waals surface area contributed by atoms with Gasteiger partial charge in [0, 0.05) is 6.92 Å². The summed E-state index contributed by atoms with van der Waals surface area (Å²) in [6.07, 6.45) is -2.56. The van der Waals surface area contributed by atoms with Crippen molar-refractivity contribution in [2.24, 2.45) is 0 Å². The summed E-state index contributed by atoms with van der Waals surface area (Å²) in [5, 5.41) is 50.3. The van der Waals surface area contributed by atoms with E-state index in [0.717, 1.165) is 0 Å². The van der Waals surface area contributed by atoms with Crippen molar-refractivity contribution in [3.8, 4) is 0 Å². The minimum Gasteiger partial charge on any atom is -0.394 e. The zero-order valence-corrected chi connectivity index (χ0v) is 13.6. The van der Waals surface area contributed by atoms with E-state index >= 15 is 0 Å². The van der Waals surface area contributed by atoms with Crippen molar-refractivity contribution in [1.82, 2.24) is 0 Å². The normalized spacial score (nSPS) is 20.0. The molecule has 0 aliphatic rings. The first-order valence-corrected chi connectivity index (χ1v) is 6.71. The van der Waals surface area contributed by atoms with Crippen LogP contribution in [0.25, 0.3) is 0 Å². The van der Waals surface area contributed by atoms with E-state index in [1.807, 2.05) is 0 Å². The highest BCUT2D eigenvalue weighted by Gasteiger charge is 2.74. The number of hydrogen-bond acceptors (Lipinski definition) is 10. The van der Waals surface area contributed by atoms with Gasteiger partial charge in [-0.05, 0) is 20.8 Å². The summed E-state index contributed by atoms with van der Waals surface area (Å²) >= 11 is 0. The molecule has 0 amide bonds. The van der Waals surface area contributed by atoms with Gasteiger partial charge in [-0.2, -0.15) is 0 Å². The van der Waals surface area contributed by atoms with Crippen LogP contribution < -0.4 is 0 Å². The lowest BCUT2D eigenvalue weighted by molar-refractivity contribution is -0.246. The van der Waals surface area contributed by atoms with Crippen molar-refractivity contribution in [3.63, 3.8) is 0 Å². The first-order chi connectivity index (χ1) is 10.7. The molecule has 10 nitrogen and oxygen atoms in total. The molecular formula is C14H20O10. The highest BCUT2D eigenvalue weighted by molar-refractivity contribution is 6.45. The van der Waals surface area contributed by atoms with Crippen molar-refractivity contribution in [2.75, 3.05) is 6.61 Å². The monoisotopic (exact) mass is 348 g/mol. The predicted octanol–water partition coefficient (Wildman–Crippen LogP) is -3.54. The highest BCUT2D eigenvalue weighted by Crippen LogP contribution is 2.39. The smallest absolute Gasteiger partial charge is 0.240 e. The number of hydrogen-bond donors (Lipinski definition) is 5. The van der Waals surface area contributed by atoms with Gasteiger partial charge in [0.05, 0.1) is 6.61 Å². The second-order valence-corrected chi connectivity index (χ2v) is 5.44. The zero-order valence-electron chi connectivity index (χ0n) is 13.6. The summed E-state index contributed by atoms with van der Waals surface area (Å²) in [5.74, 6) is -8.28. The van der Waals surface area contributed by atoms with Crippen LogP contribution in [0, 0.1) is 0 Å². The first kappa shape index (κ1) is 22.1. The van der Waals surface area contributed by atoms with Crippen molar-refractivity contribution in [1.29, 1.82) is 0 Å². The van der Waals surface area contributed by atoms with E-state index in [1.165, 1.54) is 0 Å². The minimum absolute atomic E-state index is 0.513. The summed E-state index contributed by atoms with van der Waals surface area (Å²) < 4.78 is 0. The van der Waals surface area contributed by atoms with Gasteiger partial charge in [0.1, 0.15) is 6.10 Å². The van der Waals surface area contributed by atoms with Gasteiger partial charge in [-0.15, -0.1) is 0 Å². The van der Waals surface area contributed by atoms with Crippen LogP contribution in [0.1, 0.15) is 27.7 Å². The van der Waals surface area contributed by atoms with Crippen LogP contribution in [0.2, 0.25) is 0 Å². The van der Waals surface area contributed by atoms with E-state index in [0.29, 0.717) is 27.7 Å². The molecule has 0 aliphatic carbocycles. The first-order valence-electron chi connectivity index (χ1n) is 6.71. The number of aliphatic hydroxyl groups is 5. The third-order valence-electron chi connectivity index (χ3n) is 3.93. The summed E-state index contributed by atoms with van der Waals surface area (Å²) in [7, 11) is 0. The lowest BCUT2D eigenvalue weighted by Crippen LogP contribution is -2.81. The molecule has 0 radical (unpaired) electrons. The number of ketones is 5. The van der Waals surface area contributed by atoms with Crippen LogP contribution in [-0.4, -0.2) is 84.0 Å². The molecule has 0 aromatic heterocycles. The molecule has 0 aromatic carbocycles. The Labute approximate surface area is 136 Å². The lowest BCUT2D eigenvalue weighted by atomic mass is 9.61. The molecule has 4 atom stereocenters. The van der Waals surface area contributed by atoms with E-state index in [2.05, 4.69) is 0 Å². The van der Waals surface area contributed by atoms with Crippen LogP contribution >= 0.6 is 0 Å². The number of rotatable bonds is 9. The molecule has 24 heavy (non-hydrogen) atoms. The predicted molar refractivity (Wildman–Crippen MR) is 75.7 cm³/mol. The van der Waals surface area contributed by atoms with Gasteiger partial charge in [-0.3, -0.25) is 24.0 Å². The van der Waals surface area contributed by atoms with E-state index in [-0.39, 0.29) is 0 Å². The topological polar surface area (TPSA) is 186 Å². The Hall–Kier alpha value is -1.85. The van der Waals surface area contributed by atoms with Crippen molar-refractivity contribution in [2.45, 2.75) is 50.6 Å². The van der Waals surface area contributed by atoms with E-state index in [4.69, 9.17) is 5.11 Å². The van der Waals surface area contributed by atoms with Crippen LogP contribution in [0.5, 0.6) is 0 Å². The second kappa shape index (κ2) is 6.95. The third-order valence-corrected chi connectivity index (χ3v) is 3.93. The summed E-state index contributed by atoms with van der Waals surface area (Å²) in [4.78, 5) is 59.0. The average Bonchev–Trinajstić information content (AvgIpc) is 2.49. The summed E-state index contributed by atoms with van der Waals surface area (Å²) in [6, 6.07) is 0. The SMILES string of the molecule is CC(=O)C(=O)[C@@](O)(C(C)=O)[C@](O)(C(C)=O)[C@@](O)(C(C)=O)[C@H](O)CO. The Morgan fingerprint density at radius 3 is 1.46 bits per heavy atom. The quantitative estimate of drug-likeness (QED) is 0.206. The second-order valence-electron chi connectivity index (χ2n) is 5.44. The van der Waals surface area contributed by atoms with E-state index in [9.17, 15) is 44.4 Å². The Balaban J connectivity index is 7.11. The largest absolute Gasteiger partial charge is 0.394 e. The van der Waals surface area contributed by atoms with Crippen LogP contribution in [0.4, 0.5) is 0 Å². The van der Waals surface area contributed by atoms with Crippen molar-refractivity contribution < 1.29 is 49.5 Å². The molecule has 0 fully saturated rings. The van der Waals surface area contributed by atoms with Crippen LogP contribution in [0.3, 0.4) is 0 Å². The standard InChI is InChI=1S/C14H20O10/c1-6(16)11(21)13(23,8(3)18)14(24,9(4)19)12(22,7(2)17)10(20)5-15/h10,15,20,22-24H,5H2,1-4H3/t10-,12-,13+,14+/m1/s1. The summed E-state index contributed by atoms with van der Waals surface area (Å²) in [5.41, 5.74) is -11.4. The third kappa shape index (κ3) is 2.72. The van der Waals surface area contributed by atoms with Gasteiger partial charge < -0.3 is 25.5 Å². The molecule has 0 saturated carbocycles. The summed E-state index contributed by atoms with van der Waals surface area (Å²) in [6.45, 7) is 0.853. The maximum Gasteiger partial charge on any atom is 0.240 e. The number of carbonyl (C=O) groups is 5. The fourth-order valence-corrected chi connectivity index (χ4v) is 2.50. The molecular weight excluding hydrogens is 328 g/mol. The van der Waals surface area contributed by atoms with Gasteiger partial charge >= 0.3 is 0 Å². The van der Waals surface area contributed by atoms with Gasteiger partial charge in [0.25, 0.3) is 0 Å². The van der Waals surface area contributed by atoms with Crippen LogP contribution in [-0.2, 0) is 24.0 Å². The maximum atomic E-state index is 12.0. The molecule has 0 aliphatic heterocycles. The maximum absolute atomic E-state index is 12.0. The van der Waals surface area contributed by atoms with Gasteiger partial charge in [0.15, 0.2) is 28.7 Å². The number of aliphatic hydroxyl groups excluding tert-OH is 2. The fourth-order valence-electron chi connectivity index (χ4n) is 2.50. The molecule has 136 valence electrons. The Kier molecular flexibility index (Phi) is 6.41. The van der Waals surface area contributed by atoms with Gasteiger partial charge in [-0.1, -0.05) is 0 Å². The molecule has 0 aromatic rings. The van der Waals surface area contributed by atoms with Crippen LogP contribution in [0.15, 0.2) is 0 Å². The molecule has 0 rings (SSSR count). The Bertz CT molecular complexity index is 596.